The van der Waals surface area contributed by atoms with Crippen LogP contribution < -0.4 is 10.2 Å². The van der Waals surface area contributed by atoms with Crippen molar-refractivity contribution in [3.63, 3.8) is 0 Å². The van der Waals surface area contributed by atoms with Crippen LogP contribution in [0.5, 0.6) is 0 Å². The Labute approximate surface area is 144 Å². The Balaban J connectivity index is 1.60. The molecule has 1 aliphatic rings. The van der Waals surface area contributed by atoms with E-state index < -0.39 is 0 Å². The van der Waals surface area contributed by atoms with Crippen LogP contribution in [0.4, 0.5) is 11.6 Å². The van der Waals surface area contributed by atoms with Gasteiger partial charge in [0.2, 0.25) is 5.95 Å². The summed E-state index contributed by atoms with van der Waals surface area (Å²) in [5.74, 6) is 0.790. The van der Waals surface area contributed by atoms with Crippen LogP contribution in [-0.4, -0.2) is 34.3 Å². The van der Waals surface area contributed by atoms with E-state index in [2.05, 4.69) is 65.5 Å². The molecule has 1 fully saturated rings. The lowest BCUT2D eigenvalue weighted by molar-refractivity contribution is 0.516. The molecule has 2 heterocycles. The summed E-state index contributed by atoms with van der Waals surface area (Å²) in [7, 11) is 0. The van der Waals surface area contributed by atoms with Gasteiger partial charge in [-0.3, -0.25) is 0 Å². The van der Waals surface area contributed by atoms with E-state index in [1.54, 1.807) is 0 Å². The summed E-state index contributed by atoms with van der Waals surface area (Å²) in [5.41, 5.74) is 4.62. The molecule has 1 aromatic carbocycles. The molecule has 0 spiro atoms. The number of benzene rings is 1. The van der Waals surface area contributed by atoms with Crippen molar-refractivity contribution >= 4 is 11.6 Å². The first-order valence-corrected chi connectivity index (χ1v) is 9.00. The zero-order valence-electron chi connectivity index (χ0n) is 14.9. The molecule has 0 atom stereocenters. The third-order valence-electron chi connectivity index (χ3n) is 4.66. The maximum atomic E-state index is 4.74. The van der Waals surface area contributed by atoms with Gasteiger partial charge in [-0.2, -0.15) is 5.10 Å². The quantitative estimate of drug-likeness (QED) is 0.913. The Morgan fingerprint density at radius 1 is 1.08 bits per heavy atom. The van der Waals surface area contributed by atoms with E-state index in [0.29, 0.717) is 6.04 Å². The number of aryl methyl sites for hydroxylation is 3. The van der Waals surface area contributed by atoms with E-state index in [0.717, 1.165) is 56.1 Å². The predicted molar refractivity (Wildman–Crippen MR) is 98.6 cm³/mol. The molecule has 1 N–H and O–H groups in total. The van der Waals surface area contributed by atoms with Gasteiger partial charge in [-0.05, 0) is 50.3 Å². The molecule has 1 aromatic heterocycles. The molecular weight excluding hydrogens is 298 g/mol. The fourth-order valence-electron chi connectivity index (χ4n) is 3.26. The van der Waals surface area contributed by atoms with Gasteiger partial charge in [-0.1, -0.05) is 26.0 Å². The van der Waals surface area contributed by atoms with E-state index in [9.17, 15) is 0 Å². The topological polar surface area (TPSA) is 53.9 Å². The molecule has 128 valence electrons. The first-order valence-electron chi connectivity index (χ1n) is 9.00. The standard InChI is InChI=1S/C19H27N5/c1-4-17-18(5-2)22-23-19(21-17)24-11-9-15(10-12-24)20-16-8-6-7-14(3)13-16/h6-8,13,15,20H,4-5,9-12H2,1-3H3. The smallest absolute Gasteiger partial charge is 0.245 e. The Morgan fingerprint density at radius 3 is 2.50 bits per heavy atom. The molecule has 0 unspecified atom stereocenters. The summed E-state index contributed by atoms with van der Waals surface area (Å²) in [4.78, 5) is 7.00. The molecule has 24 heavy (non-hydrogen) atoms. The minimum absolute atomic E-state index is 0.511. The first-order chi connectivity index (χ1) is 11.7. The fraction of sp³-hybridized carbons (Fsp3) is 0.526. The Hall–Kier alpha value is -2.17. The number of aromatic nitrogens is 3. The van der Waals surface area contributed by atoms with Crippen molar-refractivity contribution in [1.29, 1.82) is 0 Å². The largest absolute Gasteiger partial charge is 0.382 e. The monoisotopic (exact) mass is 325 g/mol. The maximum Gasteiger partial charge on any atom is 0.245 e. The molecule has 0 saturated carbocycles. The van der Waals surface area contributed by atoms with E-state index in [1.807, 2.05) is 0 Å². The maximum absolute atomic E-state index is 4.74. The molecule has 3 rings (SSSR count). The van der Waals surface area contributed by atoms with Gasteiger partial charge in [0, 0.05) is 24.8 Å². The minimum Gasteiger partial charge on any atom is -0.382 e. The van der Waals surface area contributed by atoms with Gasteiger partial charge in [0.25, 0.3) is 0 Å². The molecule has 0 radical (unpaired) electrons. The summed E-state index contributed by atoms with van der Waals surface area (Å²) in [6.45, 7) is 8.31. The molecule has 1 aliphatic heterocycles. The number of hydrogen-bond acceptors (Lipinski definition) is 5. The Bertz CT molecular complexity index is 677. The van der Waals surface area contributed by atoms with Crippen molar-refractivity contribution in [2.24, 2.45) is 0 Å². The molecule has 5 heteroatoms. The van der Waals surface area contributed by atoms with Crippen LogP contribution in [0.15, 0.2) is 24.3 Å². The second-order valence-electron chi connectivity index (χ2n) is 6.49. The molecule has 1 saturated heterocycles. The average molecular weight is 325 g/mol. The molecular formula is C19H27N5. The Morgan fingerprint density at radius 2 is 1.83 bits per heavy atom. The van der Waals surface area contributed by atoms with Crippen molar-refractivity contribution in [2.75, 3.05) is 23.3 Å². The van der Waals surface area contributed by atoms with Crippen molar-refractivity contribution < 1.29 is 0 Å². The molecule has 0 amide bonds. The highest BCUT2D eigenvalue weighted by Gasteiger charge is 2.22. The zero-order chi connectivity index (χ0) is 16.9. The van der Waals surface area contributed by atoms with Crippen LogP contribution in [0.3, 0.4) is 0 Å². The average Bonchev–Trinajstić information content (AvgIpc) is 2.62. The number of nitrogens with zero attached hydrogens (tertiary/aromatic N) is 4. The molecule has 0 aliphatic carbocycles. The van der Waals surface area contributed by atoms with Gasteiger partial charge in [0.1, 0.15) is 0 Å². The van der Waals surface area contributed by atoms with Gasteiger partial charge < -0.3 is 10.2 Å². The van der Waals surface area contributed by atoms with Crippen LogP contribution in [-0.2, 0) is 12.8 Å². The lowest BCUT2D eigenvalue weighted by Crippen LogP contribution is -2.40. The minimum atomic E-state index is 0.511. The summed E-state index contributed by atoms with van der Waals surface area (Å²) < 4.78 is 0. The number of nitrogens with one attached hydrogen (secondary N) is 1. The summed E-state index contributed by atoms with van der Waals surface area (Å²) in [6.07, 6.45) is 3.99. The normalized spacial score (nSPS) is 15.5. The van der Waals surface area contributed by atoms with Crippen molar-refractivity contribution in [3.05, 3.63) is 41.2 Å². The third-order valence-corrected chi connectivity index (χ3v) is 4.66. The van der Waals surface area contributed by atoms with Crippen molar-refractivity contribution in [1.82, 2.24) is 15.2 Å². The second kappa shape index (κ2) is 7.60. The van der Waals surface area contributed by atoms with E-state index in [4.69, 9.17) is 4.98 Å². The lowest BCUT2D eigenvalue weighted by atomic mass is 10.0. The summed E-state index contributed by atoms with van der Waals surface area (Å²) >= 11 is 0. The summed E-state index contributed by atoms with van der Waals surface area (Å²) in [5, 5.41) is 12.4. The third kappa shape index (κ3) is 3.83. The predicted octanol–water partition coefficient (Wildman–Crippen LogP) is 3.39. The van der Waals surface area contributed by atoms with E-state index >= 15 is 0 Å². The first kappa shape index (κ1) is 16.7. The van der Waals surface area contributed by atoms with E-state index in [1.165, 1.54) is 11.3 Å². The van der Waals surface area contributed by atoms with Gasteiger partial charge >= 0.3 is 0 Å². The lowest BCUT2D eigenvalue weighted by Gasteiger charge is -2.32. The SMILES string of the molecule is CCc1nnc(N2CCC(Nc3cccc(C)c3)CC2)nc1CC. The number of rotatable bonds is 5. The van der Waals surface area contributed by atoms with Gasteiger partial charge in [-0.25, -0.2) is 4.98 Å². The van der Waals surface area contributed by atoms with Crippen LogP contribution in [0.1, 0.15) is 43.6 Å². The van der Waals surface area contributed by atoms with Crippen LogP contribution in [0, 0.1) is 6.92 Å². The fourth-order valence-corrected chi connectivity index (χ4v) is 3.26. The highest BCUT2D eigenvalue weighted by atomic mass is 15.3. The van der Waals surface area contributed by atoms with E-state index in [-0.39, 0.29) is 0 Å². The summed E-state index contributed by atoms with van der Waals surface area (Å²) in [6, 6.07) is 9.09. The highest BCUT2D eigenvalue weighted by molar-refractivity contribution is 5.46. The molecule has 0 bridgehead atoms. The van der Waals surface area contributed by atoms with Crippen LogP contribution in [0.2, 0.25) is 0 Å². The number of hydrogen-bond donors (Lipinski definition) is 1. The van der Waals surface area contributed by atoms with Gasteiger partial charge in [0.05, 0.1) is 11.4 Å². The highest BCUT2D eigenvalue weighted by Crippen LogP contribution is 2.20. The Kier molecular flexibility index (Phi) is 5.28. The second-order valence-corrected chi connectivity index (χ2v) is 6.49. The van der Waals surface area contributed by atoms with Crippen LogP contribution >= 0.6 is 0 Å². The molecule has 2 aromatic rings. The van der Waals surface area contributed by atoms with Crippen molar-refractivity contribution in [3.8, 4) is 0 Å². The number of anilines is 2. The zero-order valence-corrected chi connectivity index (χ0v) is 14.9. The number of piperidine rings is 1. The van der Waals surface area contributed by atoms with Crippen LogP contribution in [0.25, 0.3) is 0 Å². The van der Waals surface area contributed by atoms with Crippen molar-refractivity contribution in [2.45, 2.75) is 52.5 Å². The van der Waals surface area contributed by atoms with Gasteiger partial charge in [-0.15, -0.1) is 5.10 Å². The molecule has 5 nitrogen and oxygen atoms in total. The van der Waals surface area contributed by atoms with Gasteiger partial charge in [0.15, 0.2) is 0 Å².